The lowest BCUT2D eigenvalue weighted by atomic mass is 9.85. The number of aliphatic hydroxyl groups excluding tert-OH is 5. The van der Waals surface area contributed by atoms with E-state index in [9.17, 15) is 39.8 Å². The minimum absolute atomic E-state index is 0.0677. The zero-order chi connectivity index (χ0) is 43.4. The molecule has 0 aromatic heterocycles. The van der Waals surface area contributed by atoms with E-state index in [1.165, 1.54) is 161 Å². The molecule has 0 spiro atoms. The van der Waals surface area contributed by atoms with Gasteiger partial charge >= 0.3 is 13.8 Å². The van der Waals surface area contributed by atoms with E-state index >= 15 is 0 Å². The molecule has 0 aliphatic heterocycles. The highest BCUT2D eigenvalue weighted by atomic mass is 31.2. The Morgan fingerprint density at radius 2 is 0.797 bits per heavy atom. The summed E-state index contributed by atoms with van der Waals surface area (Å²) in [6.07, 6.45) is 27.4. The Hall–Kier alpha value is -0.660. The highest BCUT2D eigenvalue weighted by Crippen LogP contribution is 2.47. The second-order valence-electron chi connectivity index (χ2n) is 17.3. The Balaban J connectivity index is 2.35. The number of phosphoric ester groups is 1. The van der Waals surface area contributed by atoms with Crippen molar-refractivity contribution in [3.8, 4) is 0 Å². The van der Waals surface area contributed by atoms with E-state index < -0.39 is 63.1 Å². The van der Waals surface area contributed by atoms with E-state index in [1.54, 1.807) is 0 Å². The predicted octanol–water partition coefficient (Wildman–Crippen LogP) is 10.1. The minimum Gasteiger partial charge on any atom is -0.457 e. The van der Waals surface area contributed by atoms with E-state index in [1.807, 2.05) is 0 Å². The summed E-state index contributed by atoms with van der Waals surface area (Å²) in [5.41, 5.74) is 0. The lowest BCUT2D eigenvalue weighted by Crippen LogP contribution is -2.64. The zero-order valence-electron chi connectivity index (χ0n) is 37.6. The third kappa shape index (κ3) is 30.1. The Kier molecular flexibility index (Phi) is 36.2. The van der Waals surface area contributed by atoms with Gasteiger partial charge in [-0.25, -0.2) is 4.57 Å². The number of carbonyl (C=O) groups is 1. The van der Waals surface area contributed by atoms with Gasteiger partial charge in [-0.05, 0) is 12.8 Å². The maximum atomic E-state index is 12.8. The summed E-state index contributed by atoms with van der Waals surface area (Å²) >= 11 is 0. The number of rotatable bonds is 42. The Bertz CT molecular complexity index is 989. The third-order valence-electron chi connectivity index (χ3n) is 11.7. The molecule has 6 atom stereocenters. The van der Waals surface area contributed by atoms with E-state index in [4.69, 9.17) is 18.5 Å². The molecule has 0 aromatic rings. The van der Waals surface area contributed by atoms with Gasteiger partial charge in [-0.3, -0.25) is 13.8 Å². The fourth-order valence-electron chi connectivity index (χ4n) is 7.83. The van der Waals surface area contributed by atoms with Crippen LogP contribution in [-0.4, -0.2) is 98.9 Å². The van der Waals surface area contributed by atoms with Crippen LogP contribution in [0, 0.1) is 0 Å². The largest absolute Gasteiger partial charge is 0.472 e. The van der Waals surface area contributed by atoms with Crippen molar-refractivity contribution in [1.82, 2.24) is 0 Å². The van der Waals surface area contributed by atoms with Gasteiger partial charge in [0.1, 0.15) is 42.7 Å². The molecular formula is C46H91O12P. The molecule has 1 saturated carbocycles. The SMILES string of the molecule is CCCCCCCCCCCCCCCCCCOCC(COP(=O)(O)OC1C(O)C(O)C(O)C(O)C1O)OC(=O)CCCCCCCCCCCCCCCCCC. The molecule has 59 heavy (non-hydrogen) atoms. The van der Waals surface area contributed by atoms with Crippen molar-refractivity contribution in [3.63, 3.8) is 0 Å². The summed E-state index contributed by atoms with van der Waals surface area (Å²) in [4.78, 5) is 23.2. The molecule has 12 nitrogen and oxygen atoms in total. The normalized spacial score (nSPS) is 22.4. The van der Waals surface area contributed by atoms with Crippen LogP contribution in [0.3, 0.4) is 0 Å². The highest BCUT2D eigenvalue weighted by Gasteiger charge is 2.51. The average Bonchev–Trinajstić information content (AvgIpc) is 3.22. The van der Waals surface area contributed by atoms with Crippen LogP contribution >= 0.6 is 7.82 Å². The summed E-state index contributed by atoms with van der Waals surface area (Å²) in [5.74, 6) is -0.470. The van der Waals surface area contributed by atoms with Crippen LogP contribution in [0.5, 0.6) is 0 Å². The zero-order valence-corrected chi connectivity index (χ0v) is 38.5. The van der Waals surface area contributed by atoms with Gasteiger partial charge in [0.25, 0.3) is 0 Å². The van der Waals surface area contributed by atoms with Crippen LogP contribution in [0.1, 0.15) is 226 Å². The maximum absolute atomic E-state index is 12.8. The van der Waals surface area contributed by atoms with Gasteiger partial charge in [0.05, 0.1) is 13.2 Å². The fraction of sp³-hybridized carbons (Fsp3) is 0.978. The van der Waals surface area contributed by atoms with Crippen LogP contribution in [0.15, 0.2) is 0 Å². The molecule has 0 aromatic carbocycles. The first-order valence-corrected chi connectivity index (χ1v) is 25.9. The molecule has 1 aliphatic rings. The number of phosphoric acid groups is 1. The minimum atomic E-state index is -5.01. The fourth-order valence-corrected chi connectivity index (χ4v) is 8.80. The molecule has 6 unspecified atom stereocenters. The van der Waals surface area contributed by atoms with Gasteiger partial charge in [0.15, 0.2) is 0 Å². The smallest absolute Gasteiger partial charge is 0.457 e. The quantitative estimate of drug-likeness (QED) is 0.0194. The molecule has 6 N–H and O–H groups in total. The molecule has 352 valence electrons. The average molecular weight is 867 g/mol. The Morgan fingerprint density at radius 1 is 0.475 bits per heavy atom. The molecule has 0 bridgehead atoms. The summed E-state index contributed by atoms with van der Waals surface area (Å²) in [6, 6.07) is 0. The first kappa shape index (κ1) is 56.4. The van der Waals surface area contributed by atoms with Gasteiger partial charge in [0.2, 0.25) is 0 Å². The molecule has 0 heterocycles. The molecule has 1 fully saturated rings. The topological polar surface area (TPSA) is 192 Å². The molecule has 1 aliphatic carbocycles. The Morgan fingerprint density at radius 3 is 1.17 bits per heavy atom. The lowest BCUT2D eigenvalue weighted by molar-refractivity contribution is -0.220. The molecule has 1 rings (SSSR count). The van der Waals surface area contributed by atoms with E-state index in [-0.39, 0.29) is 13.0 Å². The van der Waals surface area contributed by atoms with Crippen molar-refractivity contribution in [2.24, 2.45) is 0 Å². The van der Waals surface area contributed by atoms with Crippen LogP contribution < -0.4 is 0 Å². The van der Waals surface area contributed by atoms with Crippen molar-refractivity contribution in [1.29, 1.82) is 0 Å². The number of carbonyl (C=O) groups excluding carboxylic acids is 1. The third-order valence-corrected chi connectivity index (χ3v) is 12.7. The second kappa shape index (κ2) is 37.9. The van der Waals surface area contributed by atoms with E-state index in [0.717, 1.165) is 38.5 Å². The van der Waals surface area contributed by atoms with Crippen molar-refractivity contribution >= 4 is 13.8 Å². The number of unbranched alkanes of at least 4 members (excludes halogenated alkanes) is 30. The van der Waals surface area contributed by atoms with Crippen molar-refractivity contribution in [3.05, 3.63) is 0 Å². The number of hydrogen-bond acceptors (Lipinski definition) is 11. The van der Waals surface area contributed by atoms with Gasteiger partial charge in [-0.2, -0.15) is 0 Å². The number of esters is 1. The molecular weight excluding hydrogens is 775 g/mol. The first-order chi connectivity index (χ1) is 28.5. The lowest BCUT2D eigenvalue weighted by Gasteiger charge is -2.41. The number of hydrogen-bond donors (Lipinski definition) is 6. The maximum Gasteiger partial charge on any atom is 0.472 e. The summed E-state index contributed by atoms with van der Waals surface area (Å²) in [5, 5.41) is 50.2. The molecule has 0 saturated heterocycles. The van der Waals surface area contributed by atoms with Gasteiger partial charge in [-0.15, -0.1) is 0 Å². The van der Waals surface area contributed by atoms with Gasteiger partial charge < -0.3 is 39.9 Å². The Labute approximate surface area is 359 Å². The van der Waals surface area contributed by atoms with Crippen LogP contribution in [0.25, 0.3) is 0 Å². The number of ether oxygens (including phenoxy) is 2. The monoisotopic (exact) mass is 867 g/mol. The van der Waals surface area contributed by atoms with Crippen LogP contribution in [-0.2, 0) is 27.9 Å². The van der Waals surface area contributed by atoms with Crippen molar-refractivity contribution < 1.29 is 58.3 Å². The summed E-state index contributed by atoms with van der Waals surface area (Å²) < 4.78 is 34.2. The van der Waals surface area contributed by atoms with E-state index in [0.29, 0.717) is 13.0 Å². The molecule has 0 amide bonds. The van der Waals surface area contributed by atoms with Gasteiger partial charge in [-0.1, -0.05) is 206 Å². The standard InChI is InChI=1S/C46H91O12P/c1-3-5-7-9-11-13-15-17-19-21-23-25-27-29-31-33-35-40(47)57-39(38-56-59(53,54)58-46-44(51)42(49)41(48)43(50)45(46)52)37-55-36-34-32-30-28-26-24-22-20-18-16-14-12-10-8-6-4-2/h39,41-46,48-52H,3-38H2,1-2H3,(H,53,54). The van der Waals surface area contributed by atoms with Crippen molar-refractivity contribution in [2.75, 3.05) is 19.8 Å². The summed E-state index contributed by atoms with van der Waals surface area (Å²) in [6.45, 7) is 4.30. The van der Waals surface area contributed by atoms with Gasteiger partial charge in [0, 0.05) is 13.0 Å². The highest BCUT2D eigenvalue weighted by molar-refractivity contribution is 7.47. The number of aliphatic hydroxyl groups is 5. The first-order valence-electron chi connectivity index (χ1n) is 24.4. The summed E-state index contributed by atoms with van der Waals surface area (Å²) in [7, 11) is -5.01. The molecule has 13 heteroatoms. The van der Waals surface area contributed by atoms with Crippen LogP contribution in [0.4, 0.5) is 0 Å². The van der Waals surface area contributed by atoms with Crippen molar-refractivity contribution in [2.45, 2.75) is 268 Å². The van der Waals surface area contributed by atoms with E-state index in [2.05, 4.69) is 13.8 Å². The predicted molar refractivity (Wildman–Crippen MR) is 235 cm³/mol. The molecule has 0 radical (unpaired) electrons. The second-order valence-corrected chi connectivity index (χ2v) is 18.7. The van der Waals surface area contributed by atoms with Crippen LogP contribution in [0.2, 0.25) is 0 Å².